The fraction of sp³-hybridized carbons (Fsp3) is 0.500. The van der Waals surface area contributed by atoms with Crippen molar-refractivity contribution in [1.82, 2.24) is 0 Å². The summed E-state index contributed by atoms with van der Waals surface area (Å²) < 4.78 is 4.82. The lowest BCUT2D eigenvalue weighted by atomic mass is 10.1. The monoisotopic (exact) mass is 170 g/mol. The maximum atomic E-state index is 10.8. The predicted molar refractivity (Wildman–Crippen MR) is 40.5 cm³/mol. The average Bonchev–Trinajstić information content (AvgIpc) is 2.28. The van der Waals surface area contributed by atoms with Gasteiger partial charge in [-0.05, 0) is 6.42 Å². The van der Waals surface area contributed by atoms with Crippen LogP contribution in [0.15, 0.2) is 12.2 Å². The van der Waals surface area contributed by atoms with Crippen LogP contribution in [0, 0.1) is 0 Å². The number of carbonyl (C=O) groups excluding carboxylic acids is 1. The molecule has 1 saturated heterocycles. The summed E-state index contributed by atoms with van der Waals surface area (Å²) in [5.41, 5.74) is 0.436. The van der Waals surface area contributed by atoms with E-state index in [0.29, 0.717) is 18.4 Å². The number of carboxylic acids is 1. The molecule has 0 aromatic heterocycles. The van der Waals surface area contributed by atoms with Crippen LogP contribution in [0.5, 0.6) is 0 Å². The highest BCUT2D eigenvalue weighted by Crippen LogP contribution is 2.21. The molecule has 0 aromatic rings. The molecule has 12 heavy (non-hydrogen) atoms. The predicted octanol–water partition coefficient (Wildman–Crippen LogP) is 0.723. The van der Waals surface area contributed by atoms with Crippen LogP contribution in [0.3, 0.4) is 0 Å². The fourth-order valence-electron chi connectivity index (χ4n) is 1.08. The lowest BCUT2D eigenvalue weighted by Crippen LogP contribution is -2.09. The van der Waals surface area contributed by atoms with E-state index in [1.807, 2.05) is 0 Å². The number of cyclic esters (lactones) is 1. The van der Waals surface area contributed by atoms with Gasteiger partial charge in [-0.15, -0.1) is 0 Å². The molecule has 1 rings (SSSR count). The van der Waals surface area contributed by atoms with Crippen LogP contribution in [0.4, 0.5) is 0 Å². The number of esters is 1. The Hall–Kier alpha value is -1.32. The summed E-state index contributed by atoms with van der Waals surface area (Å²) in [6.45, 7) is 3.49. The lowest BCUT2D eigenvalue weighted by Gasteiger charge is -2.04. The molecule has 66 valence electrons. The maximum Gasteiger partial charge on any atom is 0.333 e. The van der Waals surface area contributed by atoms with Gasteiger partial charge in [0.1, 0.15) is 6.10 Å². The van der Waals surface area contributed by atoms with Gasteiger partial charge in [0.2, 0.25) is 0 Å². The third-order valence-corrected chi connectivity index (χ3v) is 1.72. The Labute approximate surface area is 69.8 Å². The zero-order valence-corrected chi connectivity index (χ0v) is 6.58. The van der Waals surface area contributed by atoms with E-state index in [9.17, 15) is 9.59 Å². The summed E-state index contributed by atoms with van der Waals surface area (Å²) in [4.78, 5) is 20.9. The molecule has 0 amide bonds. The molecule has 1 aliphatic rings. The molecule has 0 spiro atoms. The molecule has 0 saturated carbocycles. The summed E-state index contributed by atoms with van der Waals surface area (Å²) in [7, 11) is 0. The lowest BCUT2D eigenvalue weighted by molar-refractivity contribution is -0.142. The van der Waals surface area contributed by atoms with Gasteiger partial charge < -0.3 is 9.84 Å². The molecule has 1 aliphatic heterocycles. The smallest absolute Gasteiger partial charge is 0.333 e. The first-order valence-electron chi connectivity index (χ1n) is 3.70. The minimum Gasteiger partial charge on any atom is -0.481 e. The molecule has 0 aliphatic carbocycles. The van der Waals surface area contributed by atoms with Crippen molar-refractivity contribution < 1.29 is 19.4 Å². The molecule has 1 atom stereocenters. The highest BCUT2D eigenvalue weighted by atomic mass is 16.5. The van der Waals surface area contributed by atoms with E-state index >= 15 is 0 Å². The zero-order chi connectivity index (χ0) is 9.14. The number of aliphatic carboxylic acids is 1. The van der Waals surface area contributed by atoms with Gasteiger partial charge in [-0.3, -0.25) is 4.79 Å². The third-order valence-electron chi connectivity index (χ3n) is 1.72. The van der Waals surface area contributed by atoms with Gasteiger partial charge in [0.15, 0.2) is 0 Å². The number of hydrogen-bond donors (Lipinski definition) is 1. The van der Waals surface area contributed by atoms with Crippen LogP contribution < -0.4 is 0 Å². The number of ether oxygens (including phenoxy) is 1. The van der Waals surface area contributed by atoms with Crippen LogP contribution in [-0.4, -0.2) is 23.1 Å². The molecule has 0 radical (unpaired) electrons. The first-order valence-corrected chi connectivity index (χ1v) is 3.70. The summed E-state index contributed by atoms with van der Waals surface area (Å²) in [6.07, 6.45) is 0.596. The van der Waals surface area contributed by atoms with Crippen molar-refractivity contribution in [2.45, 2.75) is 25.4 Å². The fourth-order valence-corrected chi connectivity index (χ4v) is 1.08. The van der Waals surface area contributed by atoms with Crippen molar-refractivity contribution in [2.75, 3.05) is 0 Å². The highest BCUT2D eigenvalue weighted by molar-refractivity contribution is 5.89. The largest absolute Gasteiger partial charge is 0.481 e. The van der Waals surface area contributed by atoms with Gasteiger partial charge in [-0.1, -0.05) is 6.58 Å². The normalized spacial score (nSPS) is 22.5. The molecular formula is C8H10O4. The van der Waals surface area contributed by atoms with Gasteiger partial charge >= 0.3 is 11.9 Å². The summed E-state index contributed by atoms with van der Waals surface area (Å²) in [5.74, 6) is -1.27. The van der Waals surface area contributed by atoms with E-state index < -0.39 is 11.9 Å². The number of hydrogen-bond acceptors (Lipinski definition) is 3. The standard InChI is InChI=1S/C8H10O4/c1-5-4-6(12-8(5)11)2-3-7(9)10/h6H,1-4H2,(H,9,10). The van der Waals surface area contributed by atoms with Crippen molar-refractivity contribution >= 4 is 11.9 Å². The molecular weight excluding hydrogens is 160 g/mol. The topological polar surface area (TPSA) is 63.6 Å². The second-order valence-corrected chi connectivity index (χ2v) is 2.77. The SMILES string of the molecule is C=C1CC(CCC(=O)O)OC1=O. The Balaban J connectivity index is 2.33. The summed E-state index contributed by atoms with van der Waals surface area (Å²) in [6, 6.07) is 0. The van der Waals surface area contributed by atoms with E-state index in [2.05, 4.69) is 6.58 Å². The number of carbonyl (C=O) groups is 2. The Morgan fingerprint density at radius 3 is 2.83 bits per heavy atom. The second kappa shape index (κ2) is 3.38. The summed E-state index contributed by atoms with van der Waals surface area (Å²) >= 11 is 0. The Morgan fingerprint density at radius 1 is 1.75 bits per heavy atom. The Morgan fingerprint density at radius 2 is 2.42 bits per heavy atom. The van der Waals surface area contributed by atoms with E-state index in [1.54, 1.807) is 0 Å². The van der Waals surface area contributed by atoms with Crippen molar-refractivity contribution in [3.05, 3.63) is 12.2 Å². The maximum absolute atomic E-state index is 10.8. The molecule has 4 heteroatoms. The van der Waals surface area contributed by atoms with Crippen LogP contribution in [0.1, 0.15) is 19.3 Å². The number of rotatable bonds is 3. The van der Waals surface area contributed by atoms with E-state index in [0.717, 1.165) is 0 Å². The van der Waals surface area contributed by atoms with Crippen molar-refractivity contribution in [3.8, 4) is 0 Å². The zero-order valence-electron chi connectivity index (χ0n) is 6.58. The van der Waals surface area contributed by atoms with Crippen molar-refractivity contribution in [1.29, 1.82) is 0 Å². The first-order chi connectivity index (χ1) is 5.59. The van der Waals surface area contributed by atoms with Gasteiger partial charge in [-0.2, -0.15) is 0 Å². The third kappa shape index (κ3) is 2.08. The Kier molecular flexibility index (Phi) is 2.47. The summed E-state index contributed by atoms with van der Waals surface area (Å²) in [5, 5.41) is 8.34. The van der Waals surface area contributed by atoms with Crippen molar-refractivity contribution in [3.63, 3.8) is 0 Å². The van der Waals surface area contributed by atoms with E-state index in [4.69, 9.17) is 9.84 Å². The first kappa shape index (κ1) is 8.77. The van der Waals surface area contributed by atoms with Crippen LogP contribution in [-0.2, 0) is 14.3 Å². The number of carboxylic acid groups (broad SMARTS) is 1. The van der Waals surface area contributed by atoms with Gasteiger partial charge in [0.05, 0.1) is 0 Å². The minimum absolute atomic E-state index is 0.0330. The van der Waals surface area contributed by atoms with E-state index in [-0.39, 0.29) is 12.5 Å². The minimum atomic E-state index is -0.872. The molecule has 1 N–H and O–H groups in total. The second-order valence-electron chi connectivity index (χ2n) is 2.77. The van der Waals surface area contributed by atoms with Gasteiger partial charge in [-0.25, -0.2) is 4.79 Å². The van der Waals surface area contributed by atoms with Crippen LogP contribution >= 0.6 is 0 Å². The average molecular weight is 170 g/mol. The molecule has 1 unspecified atom stereocenters. The van der Waals surface area contributed by atoms with Gasteiger partial charge in [0.25, 0.3) is 0 Å². The quantitative estimate of drug-likeness (QED) is 0.500. The molecule has 4 nitrogen and oxygen atoms in total. The Bertz CT molecular complexity index is 215. The molecule has 1 fully saturated rings. The highest BCUT2D eigenvalue weighted by Gasteiger charge is 2.27. The van der Waals surface area contributed by atoms with E-state index in [1.165, 1.54) is 0 Å². The molecule has 1 heterocycles. The molecule has 0 bridgehead atoms. The van der Waals surface area contributed by atoms with Gasteiger partial charge in [0, 0.05) is 18.4 Å². The molecule has 0 aromatic carbocycles. The van der Waals surface area contributed by atoms with Crippen LogP contribution in [0.25, 0.3) is 0 Å². The van der Waals surface area contributed by atoms with Crippen molar-refractivity contribution in [2.24, 2.45) is 0 Å². The van der Waals surface area contributed by atoms with Crippen LogP contribution in [0.2, 0.25) is 0 Å².